The van der Waals surface area contributed by atoms with E-state index >= 15 is 0 Å². The summed E-state index contributed by atoms with van der Waals surface area (Å²) in [7, 11) is 0. The van der Waals surface area contributed by atoms with Crippen LogP contribution in [0.1, 0.15) is 11.3 Å². The minimum absolute atomic E-state index is 0.218. The lowest BCUT2D eigenvalue weighted by Gasteiger charge is -2.08. The number of imidazole rings is 1. The van der Waals surface area contributed by atoms with E-state index in [9.17, 15) is 4.39 Å². The Morgan fingerprint density at radius 1 is 1.50 bits per heavy atom. The molecule has 0 aliphatic heterocycles. The molecule has 0 amide bonds. The predicted octanol–water partition coefficient (Wildman–Crippen LogP) is 2.98. The summed E-state index contributed by atoms with van der Waals surface area (Å²) < 4.78 is 15.1. The molecule has 0 aliphatic rings. The fourth-order valence-corrected chi connectivity index (χ4v) is 1.80. The summed E-state index contributed by atoms with van der Waals surface area (Å²) in [4.78, 5) is 4.38. The first-order valence-electron chi connectivity index (χ1n) is 5.82. The number of aryl methyl sites for hydroxylation is 1. The molecule has 0 saturated carbocycles. The van der Waals surface area contributed by atoms with Gasteiger partial charge in [0.2, 0.25) is 5.95 Å². The van der Waals surface area contributed by atoms with E-state index < -0.39 is 0 Å². The van der Waals surface area contributed by atoms with Gasteiger partial charge in [-0.05, 0) is 24.6 Å². The molecular weight excluding hydrogens is 229 g/mol. The molecule has 0 aliphatic carbocycles. The topological polar surface area (TPSA) is 29.9 Å². The van der Waals surface area contributed by atoms with Crippen molar-refractivity contribution in [3.63, 3.8) is 0 Å². The third-order valence-corrected chi connectivity index (χ3v) is 2.54. The van der Waals surface area contributed by atoms with Gasteiger partial charge in [0.15, 0.2) is 0 Å². The second-order valence-electron chi connectivity index (χ2n) is 4.13. The van der Waals surface area contributed by atoms with Crippen LogP contribution in [-0.2, 0) is 6.54 Å². The first-order chi connectivity index (χ1) is 8.69. The van der Waals surface area contributed by atoms with Crippen molar-refractivity contribution in [2.45, 2.75) is 13.5 Å². The maximum atomic E-state index is 13.1. The first kappa shape index (κ1) is 12.4. The molecule has 0 spiro atoms. The van der Waals surface area contributed by atoms with Crippen molar-refractivity contribution in [2.75, 3.05) is 11.9 Å². The molecular formula is C14H16FN3. The van der Waals surface area contributed by atoms with Gasteiger partial charge >= 0.3 is 0 Å². The minimum Gasteiger partial charge on any atom is -0.352 e. The highest BCUT2D eigenvalue weighted by Crippen LogP contribution is 2.12. The molecule has 2 aromatic rings. The maximum Gasteiger partial charge on any atom is 0.203 e. The van der Waals surface area contributed by atoms with Crippen LogP contribution >= 0.6 is 0 Å². The van der Waals surface area contributed by atoms with Crippen LogP contribution in [0.4, 0.5) is 10.3 Å². The van der Waals surface area contributed by atoms with Crippen molar-refractivity contribution in [1.82, 2.24) is 9.55 Å². The van der Waals surface area contributed by atoms with E-state index in [1.54, 1.807) is 12.1 Å². The second kappa shape index (κ2) is 5.49. The number of anilines is 1. The van der Waals surface area contributed by atoms with E-state index in [4.69, 9.17) is 0 Å². The van der Waals surface area contributed by atoms with Gasteiger partial charge in [0, 0.05) is 12.7 Å². The summed E-state index contributed by atoms with van der Waals surface area (Å²) in [6.45, 7) is 6.84. The summed E-state index contributed by atoms with van der Waals surface area (Å²) in [5, 5.41) is 3.16. The summed E-state index contributed by atoms with van der Waals surface area (Å²) in [6.07, 6.45) is 3.72. The van der Waals surface area contributed by atoms with E-state index in [1.807, 2.05) is 23.8 Å². The SMILES string of the molecule is C=CCNc1nc(C)cn1Cc1cccc(F)c1. The number of aromatic nitrogens is 2. The van der Waals surface area contributed by atoms with Crippen LogP contribution in [0, 0.1) is 12.7 Å². The van der Waals surface area contributed by atoms with Crippen LogP contribution in [0.25, 0.3) is 0 Å². The largest absolute Gasteiger partial charge is 0.352 e. The fraction of sp³-hybridized carbons (Fsp3) is 0.214. The lowest BCUT2D eigenvalue weighted by atomic mass is 10.2. The Morgan fingerprint density at radius 3 is 3.06 bits per heavy atom. The van der Waals surface area contributed by atoms with E-state index in [-0.39, 0.29) is 5.82 Å². The zero-order valence-electron chi connectivity index (χ0n) is 10.4. The molecule has 0 fully saturated rings. The quantitative estimate of drug-likeness (QED) is 0.821. The normalized spacial score (nSPS) is 10.3. The van der Waals surface area contributed by atoms with Crippen LogP contribution in [0.5, 0.6) is 0 Å². The molecule has 94 valence electrons. The van der Waals surface area contributed by atoms with Crippen molar-refractivity contribution >= 4 is 5.95 Å². The molecule has 4 heteroatoms. The van der Waals surface area contributed by atoms with Gasteiger partial charge in [-0.2, -0.15) is 0 Å². The first-order valence-corrected chi connectivity index (χ1v) is 5.82. The van der Waals surface area contributed by atoms with Gasteiger partial charge in [0.05, 0.1) is 12.2 Å². The second-order valence-corrected chi connectivity index (χ2v) is 4.13. The molecule has 0 bridgehead atoms. The smallest absolute Gasteiger partial charge is 0.203 e. The standard InChI is InChI=1S/C14H16FN3/c1-3-7-16-14-17-11(2)9-18(14)10-12-5-4-6-13(15)8-12/h3-6,8-9H,1,7,10H2,2H3,(H,16,17). The monoisotopic (exact) mass is 245 g/mol. The highest BCUT2D eigenvalue weighted by Gasteiger charge is 2.05. The average Bonchev–Trinajstić information content (AvgIpc) is 2.67. The van der Waals surface area contributed by atoms with Crippen molar-refractivity contribution < 1.29 is 4.39 Å². The molecule has 18 heavy (non-hydrogen) atoms. The van der Waals surface area contributed by atoms with Crippen LogP contribution in [0.15, 0.2) is 43.1 Å². The number of nitrogens with one attached hydrogen (secondary N) is 1. The van der Waals surface area contributed by atoms with Gasteiger partial charge in [-0.15, -0.1) is 6.58 Å². The van der Waals surface area contributed by atoms with Gasteiger partial charge in [-0.1, -0.05) is 18.2 Å². The number of nitrogens with zero attached hydrogens (tertiary/aromatic N) is 2. The Hall–Kier alpha value is -2.10. The molecule has 3 nitrogen and oxygen atoms in total. The Bertz CT molecular complexity index is 546. The third-order valence-electron chi connectivity index (χ3n) is 2.54. The van der Waals surface area contributed by atoms with Crippen LogP contribution in [-0.4, -0.2) is 16.1 Å². The lowest BCUT2D eigenvalue weighted by Crippen LogP contribution is -2.07. The predicted molar refractivity (Wildman–Crippen MR) is 71.2 cm³/mol. The Balaban J connectivity index is 2.20. The molecule has 1 aromatic carbocycles. The molecule has 1 heterocycles. The lowest BCUT2D eigenvalue weighted by molar-refractivity contribution is 0.623. The minimum atomic E-state index is -0.218. The average molecular weight is 245 g/mol. The molecule has 2 rings (SSSR count). The Morgan fingerprint density at radius 2 is 2.33 bits per heavy atom. The van der Waals surface area contributed by atoms with Crippen LogP contribution < -0.4 is 5.32 Å². The van der Waals surface area contributed by atoms with Crippen molar-refractivity contribution in [3.05, 3.63) is 60.2 Å². The number of hydrogen-bond donors (Lipinski definition) is 1. The molecule has 0 atom stereocenters. The number of rotatable bonds is 5. The highest BCUT2D eigenvalue weighted by molar-refractivity contribution is 5.31. The van der Waals surface area contributed by atoms with E-state index in [0.717, 1.165) is 17.2 Å². The van der Waals surface area contributed by atoms with Gasteiger partial charge in [0.1, 0.15) is 5.82 Å². The van der Waals surface area contributed by atoms with Gasteiger partial charge in [-0.25, -0.2) is 9.37 Å². The number of halogens is 1. The van der Waals surface area contributed by atoms with Gasteiger partial charge in [-0.3, -0.25) is 0 Å². The molecule has 0 saturated heterocycles. The number of hydrogen-bond acceptors (Lipinski definition) is 2. The van der Waals surface area contributed by atoms with Gasteiger partial charge < -0.3 is 9.88 Å². The molecule has 1 aromatic heterocycles. The van der Waals surface area contributed by atoms with Crippen molar-refractivity contribution in [3.8, 4) is 0 Å². The van der Waals surface area contributed by atoms with Crippen LogP contribution in [0.2, 0.25) is 0 Å². The number of benzene rings is 1. The summed E-state index contributed by atoms with van der Waals surface area (Å²) in [6, 6.07) is 6.59. The highest BCUT2D eigenvalue weighted by atomic mass is 19.1. The van der Waals surface area contributed by atoms with Gasteiger partial charge in [0.25, 0.3) is 0 Å². The third kappa shape index (κ3) is 2.97. The van der Waals surface area contributed by atoms with E-state index in [2.05, 4.69) is 16.9 Å². The van der Waals surface area contributed by atoms with Crippen molar-refractivity contribution in [1.29, 1.82) is 0 Å². The summed E-state index contributed by atoms with van der Waals surface area (Å²) in [5.74, 6) is 0.557. The summed E-state index contributed by atoms with van der Waals surface area (Å²) in [5.41, 5.74) is 1.84. The zero-order valence-corrected chi connectivity index (χ0v) is 10.4. The zero-order chi connectivity index (χ0) is 13.0. The Labute approximate surface area is 106 Å². The molecule has 1 N–H and O–H groups in total. The van der Waals surface area contributed by atoms with E-state index in [0.29, 0.717) is 13.1 Å². The van der Waals surface area contributed by atoms with E-state index in [1.165, 1.54) is 12.1 Å². The summed E-state index contributed by atoms with van der Waals surface area (Å²) >= 11 is 0. The fourth-order valence-electron chi connectivity index (χ4n) is 1.80. The maximum absolute atomic E-state index is 13.1. The molecule has 0 unspecified atom stereocenters. The van der Waals surface area contributed by atoms with Crippen LogP contribution in [0.3, 0.4) is 0 Å². The molecule has 0 radical (unpaired) electrons. The van der Waals surface area contributed by atoms with Crippen molar-refractivity contribution in [2.24, 2.45) is 0 Å². The Kier molecular flexibility index (Phi) is 3.77.